The fourth-order valence-electron chi connectivity index (χ4n) is 1.77. The van der Waals surface area contributed by atoms with Crippen LogP contribution in [-0.2, 0) is 6.42 Å². The maximum absolute atomic E-state index is 5.48. The van der Waals surface area contributed by atoms with Gasteiger partial charge in [0.05, 0.1) is 6.61 Å². The van der Waals surface area contributed by atoms with Gasteiger partial charge in [0, 0.05) is 11.8 Å². The molecule has 1 aliphatic heterocycles. The van der Waals surface area contributed by atoms with E-state index in [-0.39, 0.29) is 0 Å². The summed E-state index contributed by atoms with van der Waals surface area (Å²) < 4.78 is 5.48. The predicted molar refractivity (Wildman–Crippen MR) is 67.7 cm³/mol. The molecule has 0 saturated heterocycles. The van der Waals surface area contributed by atoms with Gasteiger partial charge in [-0.25, -0.2) is 0 Å². The summed E-state index contributed by atoms with van der Waals surface area (Å²) in [6, 6.07) is 6.44. The third-order valence-electron chi connectivity index (χ3n) is 2.71. The highest BCUT2D eigenvalue weighted by Gasteiger charge is 2.11. The fourth-order valence-corrected chi connectivity index (χ4v) is 2.33. The molecule has 0 unspecified atom stereocenters. The molecule has 2 rings (SSSR count). The largest absolute Gasteiger partial charge is 0.493 e. The molecule has 0 aromatic heterocycles. The molecular formula is C13H15BrO. The summed E-state index contributed by atoms with van der Waals surface area (Å²) in [4.78, 5) is 0. The van der Waals surface area contributed by atoms with Crippen LogP contribution in [0, 0.1) is 0 Å². The van der Waals surface area contributed by atoms with E-state index < -0.39 is 0 Å². The smallest absolute Gasteiger partial charge is 0.122 e. The lowest BCUT2D eigenvalue weighted by Crippen LogP contribution is -1.85. The molecule has 0 spiro atoms. The molecule has 1 aromatic rings. The number of halogens is 1. The first-order chi connectivity index (χ1) is 7.33. The Morgan fingerprint density at radius 2 is 2.40 bits per heavy atom. The second-order valence-electron chi connectivity index (χ2n) is 3.76. The summed E-state index contributed by atoms with van der Waals surface area (Å²) in [6.45, 7) is 3.02. The summed E-state index contributed by atoms with van der Waals surface area (Å²) in [6.07, 6.45) is 4.40. The van der Waals surface area contributed by atoms with Crippen molar-refractivity contribution < 1.29 is 4.74 Å². The van der Waals surface area contributed by atoms with Crippen LogP contribution in [0.25, 0.3) is 6.08 Å². The normalized spacial score (nSPS) is 14.9. The molecule has 1 nitrogen and oxygen atoms in total. The van der Waals surface area contributed by atoms with Crippen molar-refractivity contribution in [1.29, 1.82) is 0 Å². The Labute approximate surface area is 99.3 Å². The Morgan fingerprint density at radius 3 is 3.13 bits per heavy atom. The van der Waals surface area contributed by atoms with Crippen LogP contribution in [0.2, 0.25) is 0 Å². The van der Waals surface area contributed by atoms with E-state index in [0.29, 0.717) is 0 Å². The molecule has 1 aromatic carbocycles. The van der Waals surface area contributed by atoms with Gasteiger partial charge in [0.25, 0.3) is 0 Å². The van der Waals surface area contributed by atoms with Gasteiger partial charge in [0.1, 0.15) is 5.75 Å². The molecule has 0 atom stereocenters. The van der Waals surface area contributed by atoms with Crippen LogP contribution >= 0.6 is 15.9 Å². The fraction of sp³-hybridized carbons (Fsp3) is 0.385. The van der Waals surface area contributed by atoms with Crippen LogP contribution in [0.4, 0.5) is 0 Å². The zero-order valence-corrected chi connectivity index (χ0v) is 10.5. The molecule has 0 N–H and O–H groups in total. The highest BCUT2D eigenvalue weighted by molar-refractivity contribution is 9.09. The van der Waals surface area contributed by atoms with Crippen molar-refractivity contribution in [1.82, 2.24) is 0 Å². The van der Waals surface area contributed by atoms with Gasteiger partial charge in [-0.1, -0.05) is 40.6 Å². The lowest BCUT2D eigenvalue weighted by atomic mass is 10.1. The summed E-state index contributed by atoms with van der Waals surface area (Å²) in [5.41, 5.74) is 4.05. The van der Waals surface area contributed by atoms with Gasteiger partial charge in [0.15, 0.2) is 0 Å². The Bertz CT molecular complexity index is 376. The van der Waals surface area contributed by atoms with E-state index in [4.69, 9.17) is 4.74 Å². The molecule has 2 heteroatoms. The quantitative estimate of drug-likeness (QED) is 0.757. The standard InChI is InChI=1S/C13H15BrO/c1-2-10(9-14)7-11-3-4-13-12(8-11)5-6-15-13/h3-4,7-8H,2,5-6,9H2,1H3. The minimum absolute atomic E-state index is 0.835. The summed E-state index contributed by atoms with van der Waals surface area (Å²) in [5.74, 6) is 1.06. The van der Waals surface area contributed by atoms with Crippen LogP contribution in [0.15, 0.2) is 23.8 Å². The van der Waals surface area contributed by atoms with Crippen LogP contribution in [0.1, 0.15) is 24.5 Å². The molecule has 1 heterocycles. The second-order valence-corrected chi connectivity index (χ2v) is 4.32. The van der Waals surface area contributed by atoms with Gasteiger partial charge in [-0.3, -0.25) is 0 Å². The van der Waals surface area contributed by atoms with E-state index in [1.54, 1.807) is 0 Å². The van der Waals surface area contributed by atoms with Crippen LogP contribution in [-0.4, -0.2) is 11.9 Å². The second kappa shape index (κ2) is 4.84. The van der Waals surface area contributed by atoms with Gasteiger partial charge >= 0.3 is 0 Å². The first kappa shape index (κ1) is 10.7. The molecule has 0 saturated carbocycles. The van der Waals surface area contributed by atoms with Crippen molar-refractivity contribution in [3.8, 4) is 5.75 Å². The van der Waals surface area contributed by atoms with Gasteiger partial charge < -0.3 is 4.74 Å². The first-order valence-electron chi connectivity index (χ1n) is 5.34. The summed E-state index contributed by atoms with van der Waals surface area (Å²) in [7, 11) is 0. The summed E-state index contributed by atoms with van der Waals surface area (Å²) >= 11 is 3.50. The topological polar surface area (TPSA) is 9.23 Å². The Balaban J connectivity index is 2.26. The highest BCUT2D eigenvalue weighted by atomic mass is 79.9. The van der Waals surface area contributed by atoms with Crippen molar-refractivity contribution in [2.24, 2.45) is 0 Å². The van der Waals surface area contributed by atoms with E-state index in [1.807, 2.05) is 0 Å². The summed E-state index contributed by atoms with van der Waals surface area (Å²) in [5, 5.41) is 0.955. The van der Waals surface area contributed by atoms with E-state index in [9.17, 15) is 0 Å². The predicted octanol–water partition coefficient (Wildman–Crippen LogP) is 3.81. The Kier molecular flexibility index (Phi) is 3.47. The van der Waals surface area contributed by atoms with Crippen molar-refractivity contribution in [2.75, 3.05) is 11.9 Å². The van der Waals surface area contributed by atoms with Gasteiger partial charge in [-0.2, -0.15) is 0 Å². The number of benzene rings is 1. The van der Waals surface area contributed by atoms with Gasteiger partial charge in [-0.05, 0) is 29.7 Å². The molecular weight excluding hydrogens is 252 g/mol. The number of alkyl halides is 1. The zero-order valence-electron chi connectivity index (χ0n) is 8.92. The minimum Gasteiger partial charge on any atom is -0.493 e. The van der Waals surface area contributed by atoms with Crippen LogP contribution < -0.4 is 4.74 Å². The van der Waals surface area contributed by atoms with Crippen LogP contribution in [0.3, 0.4) is 0 Å². The Morgan fingerprint density at radius 1 is 1.53 bits per heavy atom. The van der Waals surface area contributed by atoms with E-state index in [2.05, 4.69) is 47.1 Å². The van der Waals surface area contributed by atoms with Crippen molar-refractivity contribution >= 4 is 22.0 Å². The van der Waals surface area contributed by atoms with Gasteiger partial charge in [-0.15, -0.1) is 0 Å². The van der Waals surface area contributed by atoms with E-state index in [1.165, 1.54) is 16.7 Å². The molecule has 15 heavy (non-hydrogen) atoms. The van der Waals surface area contributed by atoms with Gasteiger partial charge in [0.2, 0.25) is 0 Å². The number of hydrogen-bond donors (Lipinski definition) is 0. The van der Waals surface area contributed by atoms with Crippen molar-refractivity contribution in [2.45, 2.75) is 19.8 Å². The SMILES string of the molecule is CCC(=Cc1ccc2c(c1)CCO2)CBr. The molecule has 1 aliphatic rings. The maximum Gasteiger partial charge on any atom is 0.122 e. The molecule has 0 aliphatic carbocycles. The van der Waals surface area contributed by atoms with E-state index in [0.717, 1.165) is 30.5 Å². The number of hydrogen-bond acceptors (Lipinski definition) is 1. The minimum atomic E-state index is 0.835. The van der Waals surface area contributed by atoms with Crippen molar-refractivity contribution in [3.05, 3.63) is 34.9 Å². The number of fused-ring (bicyclic) bond motifs is 1. The van der Waals surface area contributed by atoms with Crippen molar-refractivity contribution in [3.63, 3.8) is 0 Å². The first-order valence-corrected chi connectivity index (χ1v) is 6.46. The lowest BCUT2D eigenvalue weighted by molar-refractivity contribution is 0.357. The van der Waals surface area contributed by atoms with Crippen LogP contribution in [0.5, 0.6) is 5.75 Å². The average molecular weight is 267 g/mol. The third-order valence-corrected chi connectivity index (χ3v) is 3.43. The maximum atomic E-state index is 5.48. The zero-order chi connectivity index (χ0) is 10.7. The molecule has 0 bridgehead atoms. The molecule has 80 valence electrons. The molecule has 0 radical (unpaired) electrons. The third kappa shape index (κ3) is 2.43. The number of rotatable bonds is 3. The number of ether oxygens (including phenoxy) is 1. The average Bonchev–Trinajstić information content (AvgIpc) is 2.73. The highest BCUT2D eigenvalue weighted by Crippen LogP contribution is 2.27. The lowest BCUT2D eigenvalue weighted by Gasteiger charge is -2.02. The molecule has 0 amide bonds. The molecule has 0 fully saturated rings. The number of allylic oxidation sites excluding steroid dienone is 1. The van der Waals surface area contributed by atoms with E-state index >= 15 is 0 Å². The monoisotopic (exact) mass is 266 g/mol. The Hall–Kier alpha value is -0.760.